The Morgan fingerprint density at radius 2 is 1.94 bits per heavy atom. The summed E-state index contributed by atoms with van der Waals surface area (Å²) in [5.74, 6) is 2.33. The van der Waals surface area contributed by atoms with Gasteiger partial charge in [0.1, 0.15) is 23.6 Å². The van der Waals surface area contributed by atoms with Crippen LogP contribution in [0.25, 0.3) is 21.9 Å². The van der Waals surface area contributed by atoms with E-state index in [1.165, 1.54) is 55.9 Å². The molecular weight excluding hydrogens is 396 g/mol. The molecule has 6 rings (SSSR count). The van der Waals surface area contributed by atoms with Gasteiger partial charge in [0.15, 0.2) is 0 Å². The first-order valence-electron chi connectivity index (χ1n) is 12.0. The van der Waals surface area contributed by atoms with Crippen LogP contribution < -0.4 is 11.1 Å². The second-order valence-electron chi connectivity index (χ2n) is 9.59. The summed E-state index contributed by atoms with van der Waals surface area (Å²) >= 11 is 0. The van der Waals surface area contributed by atoms with E-state index in [-0.39, 0.29) is 0 Å². The van der Waals surface area contributed by atoms with Gasteiger partial charge in [-0.25, -0.2) is 15.0 Å². The van der Waals surface area contributed by atoms with Gasteiger partial charge in [-0.3, -0.25) is 0 Å². The molecule has 2 saturated carbocycles. The van der Waals surface area contributed by atoms with Gasteiger partial charge in [-0.05, 0) is 87.1 Å². The number of nitrogen functional groups attached to an aromatic ring is 1. The summed E-state index contributed by atoms with van der Waals surface area (Å²) in [6.45, 7) is 0. The molecule has 2 aliphatic rings. The number of nitrogens with one attached hydrogen (secondary N) is 1. The van der Waals surface area contributed by atoms with Crippen molar-refractivity contribution in [3.8, 4) is 0 Å². The second-order valence-corrected chi connectivity index (χ2v) is 9.59. The first kappa shape index (κ1) is 19.5. The SMILES string of the molecule is Nc1ncnc2c1ccn2[C@H]1CC[C@@H](CCc2ccc3ccc(NC4CCC4)nc3c2)C1. The molecule has 0 saturated heterocycles. The molecule has 0 amide bonds. The van der Waals surface area contributed by atoms with Crippen LogP contribution in [0.1, 0.15) is 56.6 Å². The summed E-state index contributed by atoms with van der Waals surface area (Å²) in [5, 5.41) is 5.75. The Hall–Kier alpha value is -3.15. The Morgan fingerprint density at radius 3 is 2.81 bits per heavy atom. The number of aromatic nitrogens is 4. The highest BCUT2D eigenvalue weighted by molar-refractivity contribution is 5.86. The zero-order valence-electron chi connectivity index (χ0n) is 18.4. The molecule has 164 valence electrons. The van der Waals surface area contributed by atoms with E-state index in [4.69, 9.17) is 10.7 Å². The number of fused-ring (bicyclic) bond motifs is 2. The van der Waals surface area contributed by atoms with E-state index in [9.17, 15) is 0 Å². The van der Waals surface area contributed by atoms with Crippen molar-refractivity contribution in [2.75, 3.05) is 11.1 Å². The number of anilines is 2. The number of aryl methyl sites for hydroxylation is 1. The monoisotopic (exact) mass is 426 g/mol. The predicted octanol–water partition coefficient (Wildman–Crippen LogP) is 5.50. The molecule has 0 radical (unpaired) electrons. The van der Waals surface area contributed by atoms with Gasteiger partial charge >= 0.3 is 0 Å². The van der Waals surface area contributed by atoms with Gasteiger partial charge in [-0.1, -0.05) is 12.1 Å². The van der Waals surface area contributed by atoms with Crippen LogP contribution in [0.3, 0.4) is 0 Å². The molecule has 3 aromatic heterocycles. The lowest BCUT2D eigenvalue weighted by Crippen LogP contribution is -2.27. The Kier molecular flexibility index (Phi) is 4.93. The third-order valence-electron chi connectivity index (χ3n) is 7.50. The predicted molar refractivity (Wildman–Crippen MR) is 130 cm³/mol. The van der Waals surface area contributed by atoms with Crippen molar-refractivity contribution in [1.82, 2.24) is 19.5 Å². The first-order chi connectivity index (χ1) is 15.7. The van der Waals surface area contributed by atoms with Crippen LogP contribution in [-0.4, -0.2) is 25.6 Å². The molecule has 1 aromatic carbocycles. The van der Waals surface area contributed by atoms with Crippen LogP contribution in [0.4, 0.5) is 11.6 Å². The maximum Gasteiger partial charge on any atom is 0.145 e. The lowest BCUT2D eigenvalue weighted by atomic mass is 9.93. The van der Waals surface area contributed by atoms with E-state index in [0.29, 0.717) is 17.9 Å². The van der Waals surface area contributed by atoms with Crippen molar-refractivity contribution >= 4 is 33.6 Å². The highest BCUT2D eigenvalue weighted by Crippen LogP contribution is 2.39. The highest BCUT2D eigenvalue weighted by atomic mass is 15.1. The van der Waals surface area contributed by atoms with Gasteiger partial charge in [0.25, 0.3) is 0 Å². The van der Waals surface area contributed by atoms with Crippen molar-refractivity contribution in [2.24, 2.45) is 5.92 Å². The smallest absolute Gasteiger partial charge is 0.145 e. The van der Waals surface area contributed by atoms with E-state index < -0.39 is 0 Å². The number of pyridine rings is 1. The van der Waals surface area contributed by atoms with Crippen molar-refractivity contribution in [3.63, 3.8) is 0 Å². The van der Waals surface area contributed by atoms with E-state index in [1.807, 2.05) is 6.07 Å². The number of nitrogens with zero attached hydrogens (tertiary/aromatic N) is 4. The normalized spacial score (nSPS) is 21.2. The van der Waals surface area contributed by atoms with Crippen LogP contribution in [-0.2, 0) is 6.42 Å². The molecule has 2 atom stereocenters. The summed E-state index contributed by atoms with van der Waals surface area (Å²) in [6.07, 6.45) is 13.6. The number of nitrogens with two attached hydrogens (primary N) is 1. The number of hydrogen-bond donors (Lipinski definition) is 2. The lowest BCUT2D eigenvalue weighted by molar-refractivity contribution is 0.444. The fourth-order valence-electron chi connectivity index (χ4n) is 5.38. The topological polar surface area (TPSA) is 81.6 Å². The molecule has 0 unspecified atom stereocenters. The summed E-state index contributed by atoms with van der Waals surface area (Å²) in [5.41, 5.74) is 9.48. The third-order valence-corrected chi connectivity index (χ3v) is 7.50. The van der Waals surface area contributed by atoms with Crippen LogP contribution >= 0.6 is 0 Å². The summed E-state index contributed by atoms with van der Waals surface area (Å²) in [4.78, 5) is 13.5. The molecule has 2 fully saturated rings. The maximum absolute atomic E-state index is 6.02. The number of benzene rings is 1. The minimum atomic E-state index is 0.505. The number of hydrogen-bond acceptors (Lipinski definition) is 5. The van der Waals surface area contributed by atoms with Gasteiger partial charge < -0.3 is 15.6 Å². The molecule has 0 aliphatic heterocycles. The molecule has 0 spiro atoms. The number of rotatable bonds is 6. The Bertz CT molecular complexity index is 1260. The van der Waals surface area contributed by atoms with Crippen LogP contribution in [0, 0.1) is 5.92 Å². The first-order valence-corrected chi connectivity index (χ1v) is 12.0. The van der Waals surface area contributed by atoms with Gasteiger partial charge in [0.2, 0.25) is 0 Å². The van der Waals surface area contributed by atoms with Crippen LogP contribution in [0.15, 0.2) is 48.9 Å². The minimum Gasteiger partial charge on any atom is -0.383 e. The standard InChI is InChI=1S/C26H30N6/c27-25-22-12-13-32(26(22)29-16-28-25)21-10-7-17(14-21)4-5-18-6-8-19-9-11-24(31-23(19)15-18)30-20-2-1-3-20/h6,8-9,11-13,15-17,20-21H,1-5,7,10,14H2,(H,30,31)(H2,27,28,29)/t17-,21+/m1/s1. The average molecular weight is 427 g/mol. The zero-order chi connectivity index (χ0) is 21.5. The minimum absolute atomic E-state index is 0.505. The van der Waals surface area contributed by atoms with Crippen LogP contribution in [0.5, 0.6) is 0 Å². The van der Waals surface area contributed by atoms with Gasteiger partial charge in [-0.15, -0.1) is 0 Å². The Balaban J connectivity index is 1.11. The van der Waals surface area contributed by atoms with Gasteiger partial charge in [0.05, 0.1) is 10.9 Å². The highest BCUT2D eigenvalue weighted by Gasteiger charge is 2.27. The average Bonchev–Trinajstić information content (AvgIpc) is 3.42. The van der Waals surface area contributed by atoms with E-state index >= 15 is 0 Å². The van der Waals surface area contributed by atoms with Crippen molar-refractivity contribution in [2.45, 2.75) is 63.5 Å². The zero-order valence-corrected chi connectivity index (χ0v) is 18.4. The van der Waals surface area contributed by atoms with Crippen molar-refractivity contribution < 1.29 is 0 Å². The van der Waals surface area contributed by atoms with E-state index in [2.05, 4.69) is 56.4 Å². The summed E-state index contributed by atoms with van der Waals surface area (Å²) in [6, 6.07) is 14.2. The Labute approximate surface area is 188 Å². The molecule has 6 heteroatoms. The summed E-state index contributed by atoms with van der Waals surface area (Å²) in [7, 11) is 0. The fourth-order valence-corrected chi connectivity index (χ4v) is 5.38. The molecule has 0 bridgehead atoms. The van der Waals surface area contributed by atoms with Crippen LogP contribution in [0.2, 0.25) is 0 Å². The molecular formula is C26H30N6. The molecule has 6 nitrogen and oxygen atoms in total. The molecule has 3 heterocycles. The Morgan fingerprint density at radius 1 is 1.03 bits per heavy atom. The fraction of sp³-hybridized carbons (Fsp3) is 0.423. The summed E-state index contributed by atoms with van der Waals surface area (Å²) < 4.78 is 2.31. The maximum atomic E-state index is 6.02. The van der Waals surface area contributed by atoms with Gasteiger partial charge in [0, 0.05) is 23.7 Å². The van der Waals surface area contributed by atoms with Gasteiger partial charge in [-0.2, -0.15) is 0 Å². The van der Waals surface area contributed by atoms with E-state index in [0.717, 1.165) is 34.7 Å². The molecule has 32 heavy (non-hydrogen) atoms. The van der Waals surface area contributed by atoms with Crippen molar-refractivity contribution in [3.05, 3.63) is 54.5 Å². The lowest BCUT2D eigenvalue weighted by Gasteiger charge is -2.26. The molecule has 2 aliphatic carbocycles. The van der Waals surface area contributed by atoms with E-state index in [1.54, 1.807) is 6.33 Å². The quantitative estimate of drug-likeness (QED) is 0.425. The second kappa shape index (κ2) is 8.08. The largest absolute Gasteiger partial charge is 0.383 e. The third kappa shape index (κ3) is 3.68. The molecule has 4 aromatic rings. The molecule has 3 N–H and O–H groups in total. The van der Waals surface area contributed by atoms with Crippen molar-refractivity contribution in [1.29, 1.82) is 0 Å².